The second-order valence-electron chi connectivity index (χ2n) is 15.3. The molecule has 0 bridgehead atoms. The molecule has 56 heavy (non-hydrogen) atoms. The Balaban J connectivity index is 1.28. The van der Waals surface area contributed by atoms with Gasteiger partial charge in [0.05, 0.1) is 23.8 Å². The maximum Gasteiger partial charge on any atom is 0.254 e. The molecule has 4 heterocycles. The van der Waals surface area contributed by atoms with Crippen LogP contribution in [0.3, 0.4) is 0 Å². The number of fused-ring (bicyclic) bond motifs is 1. The van der Waals surface area contributed by atoms with E-state index in [4.69, 9.17) is 20.6 Å². The molecule has 2 fully saturated rings. The first kappa shape index (κ1) is 39.1. The van der Waals surface area contributed by atoms with Gasteiger partial charge in [-0.05, 0) is 123 Å². The summed E-state index contributed by atoms with van der Waals surface area (Å²) in [6.45, 7) is 16.1. The van der Waals surface area contributed by atoms with Gasteiger partial charge in [0.15, 0.2) is 5.65 Å². The highest BCUT2D eigenvalue weighted by molar-refractivity contribution is 6.00. The van der Waals surface area contributed by atoms with E-state index in [2.05, 4.69) is 78.8 Å². The molecule has 0 aliphatic carbocycles. The maximum absolute atomic E-state index is 14.9. The highest BCUT2D eigenvalue weighted by Crippen LogP contribution is 2.34. The number of ether oxygens (including phenoxy) is 1. The molecule has 2 saturated heterocycles. The van der Waals surface area contributed by atoms with Crippen molar-refractivity contribution >= 4 is 28.5 Å². The van der Waals surface area contributed by atoms with Crippen molar-refractivity contribution in [3.8, 4) is 11.1 Å². The normalized spacial score (nSPS) is 15.5. The summed E-state index contributed by atoms with van der Waals surface area (Å²) < 4.78 is 7.64. The molecule has 4 N–H and O–H groups in total. The van der Waals surface area contributed by atoms with Crippen LogP contribution in [0.25, 0.3) is 22.2 Å². The SMILES string of the molecule is CCc1nc2c(cnn2CC)c(NC2CCOCC2)c1CN(Cc1ccc(C)c(-c2cccc(CN3CCCNCC3)c2)c1)C(=O)c1cc(C)cc(C(N)=O)c1. The number of primary amides is 1. The lowest BCUT2D eigenvalue weighted by molar-refractivity contribution is 0.0729. The average molecular weight is 757 g/mol. The molecule has 0 radical (unpaired) electrons. The number of hydrogen-bond donors (Lipinski definition) is 3. The Morgan fingerprint density at radius 1 is 0.964 bits per heavy atom. The Morgan fingerprint density at radius 3 is 2.57 bits per heavy atom. The van der Waals surface area contributed by atoms with Crippen molar-refractivity contribution in [2.24, 2.45) is 5.73 Å². The van der Waals surface area contributed by atoms with Gasteiger partial charge in [-0.3, -0.25) is 14.5 Å². The van der Waals surface area contributed by atoms with E-state index in [1.54, 1.807) is 12.1 Å². The van der Waals surface area contributed by atoms with Crippen LogP contribution in [-0.2, 0) is 37.3 Å². The van der Waals surface area contributed by atoms with E-state index in [1.165, 1.54) is 11.1 Å². The molecule has 11 heteroatoms. The maximum atomic E-state index is 14.9. The number of nitrogens with zero attached hydrogens (tertiary/aromatic N) is 5. The molecule has 2 aliphatic heterocycles. The molecule has 2 aromatic heterocycles. The van der Waals surface area contributed by atoms with Crippen molar-refractivity contribution < 1.29 is 14.3 Å². The van der Waals surface area contributed by atoms with E-state index in [9.17, 15) is 9.59 Å². The van der Waals surface area contributed by atoms with E-state index in [1.807, 2.05) is 28.8 Å². The Morgan fingerprint density at radius 2 is 1.79 bits per heavy atom. The lowest BCUT2D eigenvalue weighted by Crippen LogP contribution is -2.33. The number of carbonyl (C=O) groups excluding carboxylic acids is 2. The Hall–Kier alpha value is -5.10. The number of aryl methyl sites for hydroxylation is 4. The molecule has 2 aliphatic rings. The number of pyridine rings is 1. The third-order valence-corrected chi connectivity index (χ3v) is 11.2. The fourth-order valence-corrected chi connectivity index (χ4v) is 8.16. The topological polar surface area (TPSA) is 131 Å². The summed E-state index contributed by atoms with van der Waals surface area (Å²) in [5.74, 6) is -0.748. The van der Waals surface area contributed by atoms with Crippen molar-refractivity contribution in [2.75, 3.05) is 44.7 Å². The summed E-state index contributed by atoms with van der Waals surface area (Å²) in [5, 5.41) is 13.0. The van der Waals surface area contributed by atoms with E-state index in [-0.39, 0.29) is 11.9 Å². The third-order valence-electron chi connectivity index (χ3n) is 11.2. The van der Waals surface area contributed by atoms with Crippen molar-refractivity contribution in [1.82, 2.24) is 29.9 Å². The van der Waals surface area contributed by atoms with Gasteiger partial charge in [0.1, 0.15) is 0 Å². The number of nitrogens with two attached hydrogens (primary N) is 1. The van der Waals surface area contributed by atoms with Crippen molar-refractivity contribution in [3.63, 3.8) is 0 Å². The smallest absolute Gasteiger partial charge is 0.254 e. The summed E-state index contributed by atoms with van der Waals surface area (Å²) in [6.07, 6.45) is 5.50. The molecule has 0 unspecified atom stereocenters. The number of nitrogens with one attached hydrogen (secondary N) is 2. The van der Waals surface area contributed by atoms with Crippen LogP contribution < -0.4 is 16.4 Å². The fourth-order valence-electron chi connectivity index (χ4n) is 8.16. The van der Waals surface area contributed by atoms with Crippen LogP contribution in [0.2, 0.25) is 0 Å². The Labute approximate surface area is 330 Å². The van der Waals surface area contributed by atoms with E-state index >= 15 is 0 Å². The fraction of sp³-hybridized carbons (Fsp3) is 0.422. The van der Waals surface area contributed by atoms with Gasteiger partial charge in [0, 0.05) is 74.4 Å². The molecule has 0 atom stereocenters. The molecule has 5 aromatic rings. The predicted molar refractivity (Wildman–Crippen MR) is 223 cm³/mol. The summed E-state index contributed by atoms with van der Waals surface area (Å²) in [7, 11) is 0. The van der Waals surface area contributed by atoms with Crippen LogP contribution in [0, 0.1) is 13.8 Å². The molecule has 0 spiro atoms. The highest BCUT2D eigenvalue weighted by atomic mass is 16.5. The quantitative estimate of drug-likeness (QED) is 0.122. The molecule has 11 nitrogen and oxygen atoms in total. The van der Waals surface area contributed by atoms with Gasteiger partial charge >= 0.3 is 0 Å². The number of rotatable bonds is 13. The Bertz CT molecular complexity index is 2180. The standard InChI is InChI=1S/C45H56N8O3/c1-5-41-40(42(49-37-13-19-56-20-14-37)39-26-48-53(6-2)44(39)50-41)29-52(45(55)36-22-30(3)21-35(25-36)43(46)54)28-33-12-11-31(4)38(24-33)34-10-7-9-32(23-34)27-51-17-8-15-47-16-18-51/h7,9-12,21-26,37,47H,5-6,8,13-20,27-29H2,1-4H3,(H2,46,54)(H,49,50). The van der Waals surface area contributed by atoms with Gasteiger partial charge in [-0.1, -0.05) is 37.3 Å². The first-order chi connectivity index (χ1) is 27.2. The molecular formula is C45H56N8O3. The van der Waals surface area contributed by atoms with Crippen LogP contribution in [0.4, 0.5) is 5.69 Å². The van der Waals surface area contributed by atoms with E-state index < -0.39 is 5.91 Å². The minimum absolute atomic E-state index is 0.185. The first-order valence-electron chi connectivity index (χ1n) is 20.2. The minimum Gasteiger partial charge on any atom is -0.381 e. The summed E-state index contributed by atoms with van der Waals surface area (Å²) in [4.78, 5) is 36.8. The zero-order valence-electron chi connectivity index (χ0n) is 33.4. The van der Waals surface area contributed by atoms with Crippen molar-refractivity contribution in [3.05, 3.63) is 111 Å². The number of hydrogen-bond acceptors (Lipinski definition) is 8. The number of amides is 2. The lowest BCUT2D eigenvalue weighted by Gasteiger charge is -2.29. The monoisotopic (exact) mass is 756 g/mol. The second-order valence-corrected chi connectivity index (χ2v) is 15.3. The number of anilines is 1. The molecule has 7 rings (SSSR count). The van der Waals surface area contributed by atoms with Crippen LogP contribution in [0.1, 0.15) is 87.3 Å². The first-order valence-corrected chi connectivity index (χ1v) is 20.2. The molecular weight excluding hydrogens is 701 g/mol. The summed E-state index contributed by atoms with van der Waals surface area (Å²) in [6, 6.07) is 20.8. The van der Waals surface area contributed by atoms with Crippen molar-refractivity contribution in [1.29, 1.82) is 0 Å². The summed E-state index contributed by atoms with van der Waals surface area (Å²) in [5.41, 5.74) is 16.8. The Kier molecular flexibility index (Phi) is 12.4. The molecule has 294 valence electrons. The van der Waals surface area contributed by atoms with Crippen LogP contribution >= 0.6 is 0 Å². The van der Waals surface area contributed by atoms with E-state index in [0.717, 1.165) is 102 Å². The van der Waals surface area contributed by atoms with Crippen LogP contribution in [0.5, 0.6) is 0 Å². The number of benzene rings is 3. The molecule has 2 amide bonds. The largest absolute Gasteiger partial charge is 0.381 e. The van der Waals surface area contributed by atoms with Gasteiger partial charge in [-0.25, -0.2) is 9.67 Å². The van der Waals surface area contributed by atoms with Gasteiger partial charge < -0.3 is 26.0 Å². The number of aromatic nitrogens is 3. The zero-order valence-corrected chi connectivity index (χ0v) is 33.4. The molecule has 3 aromatic carbocycles. The van der Waals surface area contributed by atoms with Gasteiger partial charge in [-0.2, -0.15) is 5.10 Å². The van der Waals surface area contributed by atoms with Crippen LogP contribution in [-0.4, -0.2) is 81.8 Å². The van der Waals surface area contributed by atoms with Gasteiger partial charge in [-0.15, -0.1) is 0 Å². The number of carbonyl (C=O) groups is 2. The van der Waals surface area contributed by atoms with Gasteiger partial charge in [0.2, 0.25) is 5.91 Å². The average Bonchev–Trinajstić information content (AvgIpc) is 3.45. The van der Waals surface area contributed by atoms with Crippen molar-refractivity contribution in [2.45, 2.75) is 85.6 Å². The second kappa shape index (κ2) is 17.8. The lowest BCUT2D eigenvalue weighted by atomic mass is 9.96. The minimum atomic E-state index is -0.564. The third kappa shape index (κ3) is 8.96. The zero-order chi connectivity index (χ0) is 39.2. The summed E-state index contributed by atoms with van der Waals surface area (Å²) >= 11 is 0. The highest BCUT2D eigenvalue weighted by Gasteiger charge is 2.26. The molecule has 0 saturated carbocycles. The van der Waals surface area contributed by atoms with Crippen LogP contribution in [0.15, 0.2) is 66.9 Å². The van der Waals surface area contributed by atoms with Gasteiger partial charge in [0.25, 0.3) is 5.91 Å². The van der Waals surface area contributed by atoms with E-state index in [0.29, 0.717) is 50.4 Å². The predicted octanol–water partition coefficient (Wildman–Crippen LogP) is 6.63.